The van der Waals surface area contributed by atoms with E-state index in [9.17, 15) is 5.11 Å². The van der Waals surface area contributed by atoms with Crippen LogP contribution < -0.4 is 5.73 Å². The van der Waals surface area contributed by atoms with E-state index in [2.05, 4.69) is 22.9 Å². The van der Waals surface area contributed by atoms with Crippen LogP contribution in [0.1, 0.15) is 45.1 Å². The molecule has 1 fully saturated rings. The van der Waals surface area contributed by atoms with E-state index in [4.69, 9.17) is 5.73 Å². The molecule has 1 aromatic carbocycles. The molecule has 1 saturated carbocycles. The minimum absolute atomic E-state index is 0.214. The van der Waals surface area contributed by atoms with Crippen molar-refractivity contribution in [2.24, 2.45) is 17.1 Å². The SMILES string of the molecule is CC1CCCC(CN)(C(C)(O)c2ccccc2Br)C1. The van der Waals surface area contributed by atoms with E-state index in [1.807, 2.05) is 31.2 Å². The average Bonchev–Trinajstić information content (AvgIpc) is 2.38. The van der Waals surface area contributed by atoms with E-state index >= 15 is 0 Å². The van der Waals surface area contributed by atoms with E-state index in [1.165, 1.54) is 6.42 Å². The van der Waals surface area contributed by atoms with Gasteiger partial charge in [-0.1, -0.05) is 53.9 Å². The lowest BCUT2D eigenvalue weighted by molar-refractivity contribution is -0.101. The Balaban J connectivity index is 2.43. The quantitative estimate of drug-likeness (QED) is 0.887. The number of hydrogen-bond acceptors (Lipinski definition) is 2. The summed E-state index contributed by atoms with van der Waals surface area (Å²) in [7, 11) is 0. The molecule has 106 valence electrons. The monoisotopic (exact) mass is 325 g/mol. The zero-order valence-electron chi connectivity index (χ0n) is 11.8. The van der Waals surface area contributed by atoms with E-state index in [0.717, 1.165) is 29.3 Å². The van der Waals surface area contributed by atoms with Crippen LogP contribution in [0.3, 0.4) is 0 Å². The molecule has 0 radical (unpaired) electrons. The van der Waals surface area contributed by atoms with Crippen molar-refractivity contribution < 1.29 is 5.11 Å². The van der Waals surface area contributed by atoms with Crippen molar-refractivity contribution >= 4 is 15.9 Å². The van der Waals surface area contributed by atoms with Crippen LogP contribution in [-0.4, -0.2) is 11.7 Å². The van der Waals surface area contributed by atoms with Crippen LogP contribution >= 0.6 is 15.9 Å². The molecule has 1 aliphatic rings. The average molecular weight is 326 g/mol. The number of rotatable bonds is 3. The summed E-state index contributed by atoms with van der Waals surface area (Å²) >= 11 is 3.57. The second kappa shape index (κ2) is 5.55. The van der Waals surface area contributed by atoms with Gasteiger partial charge in [0.1, 0.15) is 0 Å². The smallest absolute Gasteiger partial charge is 0.0947 e. The fraction of sp³-hybridized carbons (Fsp3) is 0.625. The summed E-state index contributed by atoms with van der Waals surface area (Å²) in [6.45, 7) is 4.73. The van der Waals surface area contributed by atoms with Gasteiger partial charge in [0.2, 0.25) is 0 Å². The third kappa shape index (κ3) is 2.61. The Morgan fingerprint density at radius 1 is 1.47 bits per heavy atom. The van der Waals surface area contributed by atoms with Crippen molar-refractivity contribution in [1.29, 1.82) is 0 Å². The first-order chi connectivity index (χ1) is 8.93. The van der Waals surface area contributed by atoms with Gasteiger partial charge in [-0.25, -0.2) is 0 Å². The van der Waals surface area contributed by atoms with Gasteiger partial charge in [0.15, 0.2) is 0 Å². The van der Waals surface area contributed by atoms with Gasteiger partial charge in [0, 0.05) is 16.4 Å². The molecule has 1 aromatic rings. The zero-order valence-corrected chi connectivity index (χ0v) is 13.4. The Hall–Kier alpha value is -0.380. The molecule has 2 rings (SSSR count). The first-order valence-corrected chi connectivity index (χ1v) is 7.90. The van der Waals surface area contributed by atoms with Crippen LogP contribution in [0, 0.1) is 11.3 Å². The van der Waals surface area contributed by atoms with E-state index < -0.39 is 5.60 Å². The minimum atomic E-state index is -0.892. The Labute approximate surface area is 124 Å². The molecule has 0 aliphatic heterocycles. The highest BCUT2D eigenvalue weighted by Gasteiger charge is 2.49. The molecule has 1 aliphatic carbocycles. The van der Waals surface area contributed by atoms with Crippen LogP contribution in [0.25, 0.3) is 0 Å². The fourth-order valence-corrected chi connectivity index (χ4v) is 4.30. The van der Waals surface area contributed by atoms with Gasteiger partial charge < -0.3 is 10.8 Å². The largest absolute Gasteiger partial charge is 0.385 e. The van der Waals surface area contributed by atoms with Crippen LogP contribution in [0.4, 0.5) is 0 Å². The number of nitrogens with two attached hydrogens (primary N) is 1. The van der Waals surface area contributed by atoms with Crippen molar-refractivity contribution in [2.75, 3.05) is 6.54 Å². The Morgan fingerprint density at radius 3 is 2.74 bits per heavy atom. The molecule has 3 unspecified atom stereocenters. The summed E-state index contributed by atoms with van der Waals surface area (Å²) in [5.41, 5.74) is 5.95. The Bertz CT molecular complexity index is 446. The molecule has 0 heterocycles. The maximum Gasteiger partial charge on any atom is 0.0947 e. The van der Waals surface area contributed by atoms with Crippen molar-refractivity contribution in [2.45, 2.75) is 45.1 Å². The summed E-state index contributed by atoms with van der Waals surface area (Å²) in [6, 6.07) is 7.94. The normalized spacial score (nSPS) is 30.9. The molecule has 0 saturated heterocycles. The molecule has 0 bridgehead atoms. The molecule has 3 atom stereocenters. The van der Waals surface area contributed by atoms with Crippen molar-refractivity contribution in [3.8, 4) is 0 Å². The predicted molar refractivity (Wildman–Crippen MR) is 82.8 cm³/mol. The maximum atomic E-state index is 11.2. The number of benzene rings is 1. The highest BCUT2D eigenvalue weighted by molar-refractivity contribution is 9.10. The minimum Gasteiger partial charge on any atom is -0.385 e. The molecular weight excluding hydrogens is 302 g/mol. The van der Waals surface area contributed by atoms with Crippen molar-refractivity contribution in [3.63, 3.8) is 0 Å². The van der Waals surface area contributed by atoms with Crippen LogP contribution in [0.15, 0.2) is 28.7 Å². The molecule has 0 amide bonds. The number of aliphatic hydroxyl groups is 1. The lowest BCUT2D eigenvalue weighted by atomic mass is 9.59. The second-order valence-electron chi connectivity index (χ2n) is 6.24. The molecule has 3 N–H and O–H groups in total. The molecule has 3 heteroatoms. The highest BCUT2D eigenvalue weighted by Crippen LogP contribution is 2.51. The highest BCUT2D eigenvalue weighted by atomic mass is 79.9. The van der Waals surface area contributed by atoms with Gasteiger partial charge in [-0.2, -0.15) is 0 Å². The van der Waals surface area contributed by atoms with Gasteiger partial charge in [-0.15, -0.1) is 0 Å². The zero-order chi connectivity index (χ0) is 14.1. The summed E-state index contributed by atoms with van der Waals surface area (Å²) in [5.74, 6) is 0.631. The molecule has 2 nitrogen and oxygen atoms in total. The molecule has 0 aromatic heterocycles. The lowest BCUT2D eigenvalue weighted by Gasteiger charge is -2.49. The molecule has 0 spiro atoms. The van der Waals surface area contributed by atoms with Gasteiger partial charge >= 0.3 is 0 Å². The first kappa shape index (κ1) is 15.0. The standard InChI is InChI=1S/C16H24BrNO/c1-12-6-5-9-16(10-12,11-18)15(2,19)13-7-3-4-8-14(13)17/h3-4,7-8,12,19H,5-6,9-11,18H2,1-2H3. The van der Waals surface area contributed by atoms with Gasteiger partial charge in [-0.3, -0.25) is 0 Å². The number of halogens is 1. The lowest BCUT2D eigenvalue weighted by Crippen LogP contribution is -2.51. The van der Waals surface area contributed by atoms with E-state index in [0.29, 0.717) is 12.5 Å². The van der Waals surface area contributed by atoms with Crippen LogP contribution in [0.5, 0.6) is 0 Å². The molecular formula is C16H24BrNO. The van der Waals surface area contributed by atoms with E-state index in [1.54, 1.807) is 0 Å². The first-order valence-electron chi connectivity index (χ1n) is 7.10. The predicted octanol–water partition coefficient (Wildman–Crippen LogP) is 3.81. The maximum absolute atomic E-state index is 11.2. The fourth-order valence-electron chi connectivity index (χ4n) is 3.63. The van der Waals surface area contributed by atoms with Crippen molar-refractivity contribution in [3.05, 3.63) is 34.3 Å². The molecule has 19 heavy (non-hydrogen) atoms. The summed E-state index contributed by atoms with van der Waals surface area (Å²) in [6.07, 6.45) is 4.40. The summed E-state index contributed by atoms with van der Waals surface area (Å²) in [5, 5.41) is 11.2. The van der Waals surface area contributed by atoms with Gasteiger partial charge in [0.05, 0.1) is 5.60 Å². The van der Waals surface area contributed by atoms with E-state index in [-0.39, 0.29) is 5.41 Å². The third-order valence-electron chi connectivity index (χ3n) is 4.91. The topological polar surface area (TPSA) is 46.2 Å². The van der Waals surface area contributed by atoms with Crippen molar-refractivity contribution in [1.82, 2.24) is 0 Å². The van der Waals surface area contributed by atoms with Gasteiger partial charge in [0.25, 0.3) is 0 Å². The summed E-state index contributed by atoms with van der Waals surface area (Å²) < 4.78 is 0.964. The third-order valence-corrected chi connectivity index (χ3v) is 5.60. The van der Waals surface area contributed by atoms with Crippen LogP contribution in [0.2, 0.25) is 0 Å². The van der Waals surface area contributed by atoms with Crippen LogP contribution in [-0.2, 0) is 5.60 Å². The Morgan fingerprint density at radius 2 is 2.16 bits per heavy atom. The number of hydrogen-bond donors (Lipinski definition) is 2. The summed E-state index contributed by atoms with van der Waals surface area (Å²) in [4.78, 5) is 0. The Kier molecular flexibility index (Phi) is 4.38. The van der Waals surface area contributed by atoms with Gasteiger partial charge in [-0.05, 0) is 37.3 Å². The second-order valence-corrected chi connectivity index (χ2v) is 7.09.